The Kier molecular flexibility index (Phi) is 4.83. The van der Waals surface area contributed by atoms with Crippen molar-refractivity contribution >= 4 is 22.9 Å². The summed E-state index contributed by atoms with van der Waals surface area (Å²) < 4.78 is 5.88. The maximum Gasteiger partial charge on any atom is 0.122 e. The number of aryl methyl sites for hydroxylation is 2. The van der Waals surface area contributed by atoms with Gasteiger partial charge < -0.3 is 4.74 Å². The van der Waals surface area contributed by atoms with Crippen molar-refractivity contribution < 1.29 is 4.74 Å². The second kappa shape index (κ2) is 6.40. The van der Waals surface area contributed by atoms with E-state index < -0.39 is 0 Å². The van der Waals surface area contributed by atoms with Crippen molar-refractivity contribution in [1.82, 2.24) is 4.98 Å². The predicted molar refractivity (Wildman–Crippen MR) is 81.5 cm³/mol. The van der Waals surface area contributed by atoms with Gasteiger partial charge in [0.15, 0.2) is 0 Å². The fourth-order valence-corrected chi connectivity index (χ4v) is 2.93. The van der Waals surface area contributed by atoms with E-state index in [0.29, 0.717) is 12.5 Å². The van der Waals surface area contributed by atoms with Crippen LogP contribution in [0.5, 0.6) is 5.75 Å². The Balaban J connectivity index is 1.95. The van der Waals surface area contributed by atoms with Crippen LogP contribution in [0.1, 0.15) is 27.4 Å². The molecule has 0 fully saturated rings. The highest BCUT2D eigenvalue weighted by molar-refractivity contribution is 7.09. The van der Waals surface area contributed by atoms with E-state index in [2.05, 4.69) is 37.9 Å². The quantitative estimate of drug-likeness (QED) is 0.761. The van der Waals surface area contributed by atoms with Gasteiger partial charge in [0, 0.05) is 11.8 Å². The number of aromatic nitrogens is 1. The molecule has 0 saturated carbocycles. The Hall–Kier alpha value is -1.06. The molecule has 0 bridgehead atoms. The van der Waals surface area contributed by atoms with Gasteiger partial charge in [-0.2, -0.15) is 0 Å². The number of ether oxygens (including phenoxy) is 1. The first kappa shape index (κ1) is 14.4. The number of alkyl halides is 1. The van der Waals surface area contributed by atoms with Crippen molar-refractivity contribution in [1.29, 1.82) is 0 Å². The third kappa shape index (κ3) is 3.71. The normalized spacial score (nSPS) is 10.7. The van der Waals surface area contributed by atoms with E-state index in [4.69, 9.17) is 16.3 Å². The zero-order valence-corrected chi connectivity index (χ0v) is 13.1. The molecule has 4 heteroatoms. The van der Waals surface area contributed by atoms with Crippen LogP contribution in [-0.2, 0) is 12.3 Å². The third-order valence-electron chi connectivity index (χ3n) is 3.07. The number of hydrogen-bond donors (Lipinski definition) is 0. The monoisotopic (exact) mass is 295 g/mol. The van der Waals surface area contributed by atoms with Crippen LogP contribution in [-0.4, -0.2) is 11.6 Å². The van der Waals surface area contributed by atoms with Crippen molar-refractivity contribution in [3.63, 3.8) is 0 Å². The van der Waals surface area contributed by atoms with E-state index in [1.54, 1.807) is 11.3 Å². The summed E-state index contributed by atoms with van der Waals surface area (Å²) in [5.74, 6) is 1.46. The molecular weight excluding hydrogens is 278 g/mol. The fourth-order valence-electron chi connectivity index (χ4n) is 1.92. The number of nitrogens with zero attached hydrogens (tertiary/aromatic N) is 1. The van der Waals surface area contributed by atoms with Crippen molar-refractivity contribution in [2.24, 2.45) is 0 Å². The second-order valence-electron chi connectivity index (χ2n) is 4.67. The lowest BCUT2D eigenvalue weighted by Crippen LogP contribution is -2.03. The van der Waals surface area contributed by atoms with Gasteiger partial charge in [0.2, 0.25) is 0 Å². The standard InChI is InChI=1S/C15H18ClNOS/c1-10-6-11(2)12(3)14(7-10)18-5-4-15-17-13(8-16)9-19-15/h6-7,9H,4-5,8H2,1-3H3. The number of benzene rings is 1. The van der Waals surface area contributed by atoms with E-state index >= 15 is 0 Å². The number of thiazole rings is 1. The Bertz CT molecular complexity index is 565. The van der Waals surface area contributed by atoms with Crippen LogP contribution < -0.4 is 4.74 Å². The molecule has 0 N–H and O–H groups in total. The van der Waals surface area contributed by atoms with Gasteiger partial charge in [-0.25, -0.2) is 4.98 Å². The molecule has 2 aromatic rings. The van der Waals surface area contributed by atoms with Crippen LogP contribution >= 0.6 is 22.9 Å². The summed E-state index contributed by atoms with van der Waals surface area (Å²) in [4.78, 5) is 4.42. The minimum Gasteiger partial charge on any atom is -0.493 e. The van der Waals surface area contributed by atoms with Crippen LogP contribution in [0.3, 0.4) is 0 Å². The smallest absolute Gasteiger partial charge is 0.122 e. The van der Waals surface area contributed by atoms with Crippen LogP contribution in [0.15, 0.2) is 17.5 Å². The van der Waals surface area contributed by atoms with Gasteiger partial charge in [0.25, 0.3) is 0 Å². The molecule has 0 aliphatic rings. The lowest BCUT2D eigenvalue weighted by atomic mass is 10.1. The minimum atomic E-state index is 0.480. The maximum absolute atomic E-state index is 5.88. The SMILES string of the molecule is Cc1cc(C)c(C)c(OCCc2nc(CCl)cs2)c1. The number of halogens is 1. The molecule has 0 spiro atoms. The Morgan fingerprint density at radius 1 is 1.26 bits per heavy atom. The zero-order valence-electron chi connectivity index (χ0n) is 11.5. The molecular formula is C15H18ClNOS. The molecule has 2 rings (SSSR count). The van der Waals surface area contributed by atoms with E-state index in [9.17, 15) is 0 Å². The summed E-state index contributed by atoms with van der Waals surface area (Å²) in [7, 11) is 0. The van der Waals surface area contributed by atoms with Gasteiger partial charge in [0.1, 0.15) is 5.75 Å². The highest BCUT2D eigenvalue weighted by Crippen LogP contribution is 2.23. The lowest BCUT2D eigenvalue weighted by Gasteiger charge is -2.11. The van der Waals surface area contributed by atoms with Crippen LogP contribution in [0, 0.1) is 20.8 Å². The minimum absolute atomic E-state index is 0.480. The van der Waals surface area contributed by atoms with E-state index in [1.165, 1.54) is 16.7 Å². The molecule has 102 valence electrons. The molecule has 0 amide bonds. The summed E-state index contributed by atoms with van der Waals surface area (Å²) >= 11 is 7.38. The van der Waals surface area contributed by atoms with Gasteiger partial charge in [-0.1, -0.05) is 6.07 Å². The zero-order chi connectivity index (χ0) is 13.8. The lowest BCUT2D eigenvalue weighted by molar-refractivity contribution is 0.319. The summed E-state index contributed by atoms with van der Waals surface area (Å²) in [6, 6.07) is 4.27. The van der Waals surface area contributed by atoms with Gasteiger partial charge in [-0.15, -0.1) is 22.9 Å². The summed E-state index contributed by atoms with van der Waals surface area (Å²) in [5, 5.41) is 3.09. The predicted octanol–water partition coefficient (Wildman–Crippen LogP) is 4.43. The number of hydrogen-bond acceptors (Lipinski definition) is 3. The molecule has 0 unspecified atom stereocenters. The van der Waals surface area contributed by atoms with Gasteiger partial charge in [-0.05, 0) is 43.5 Å². The van der Waals surface area contributed by atoms with E-state index in [0.717, 1.165) is 22.9 Å². The summed E-state index contributed by atoms with van der Waals surface area (Å²) in [5.41, 5.74) is 4.67. The molecule has 1 heterocycles. The van der Waals surface area contributed by atoms with Gasteiger partial charge in [-0.3, -0.25) is 0 Å². The molecule has 1 aromatic carbocycles. The van der Waals surface area contributed by atoms with Gasteiger partial charge >= 0.3 is 0 Å². The van der Waals surface area contributed by atoms with E-state index in [1.807, 2.05) is 5.38 Å². The molecule has 0 saturated heterocycles. The molecule has 19 heavy (non-hydrogen) atoms. The summed E-state index contributed by atoms with van der Waals surface area (Å²) in [6.45, 7) is 6.95. The highest BCUT2D eigenvalue weighted by atomic mass is 35.5. The fraction of sp³-hybridized carbons (Fsp3) is 0.400. The molecule has 0 aliphatic carbocycles. The van der Waals surface area contributed by atoms with Crippen molar-refractivity contribution in [2.75, 3.05) is 6.61 Å². The van der Waals surface area contributed by atoms with E-state index in [-0.39, 0.29) is 0 Å². The Labute approximate surface area is 123 Å². The van der Waals surface area contributed by atoms with Gasteiger partial charge in [0.05, 0.1) is 23.2 Å². The molecule has 1 aromatic heterocycles. The summed E-state index contributed by atoms with van der Waals surface area (Å²) in [6.07, 6.45) is 0.827. The first-order chi connectivity index (χ1) is 9.10. The molecule has 0 aliphatic heterocycles. The average molecular weight is 296 g/mol. The first-order valence-corrected chi connectivity index (χ1v) is 7.71. The Morgan fingerprint density at radius 3 is 2.74 bits per heavy atom. The molecule has 0 radical (unpaired) electrons. The first-order valence-electron chi connectivity index (χ1n) is 6.30. The topological polar surface area (TPSA) is 22.1 Å². The van der Waals surface area contributed by atoms with Crippen molar-refractivity contribution in [2.45, 2.75) is 33.1 Å². The average Bonchev–Trinajstić information content (AvgIpc) is 2.83. The van der Waals surface area contributed by atoms with Crippen molar-refractivity contribution in [3.8, 4) is 5.75 Å². The number of rotatable bonds is 5. The van der Waals surface area contributed by atoms with Crippen molar-refractivity contribution in [3.05, 3.63) is 44.9 Å². The largest absolute Gasteiger partial charge is 0.493 e. The van der Waals surface area contributed by atoms with Crippen LogP contribution in [0.25, 0.3) is 0 Å². The van der Waals surface area contributed by atoms with Crippen LogP contribution in [0.2, 0.25) is 0 Å². The second-order valence-corrected chi connectivity index (χ2v) is 5.88. The molecule has 2 nitrogen and oxygen atoms in total. The highest BCUT2D eigenvalue weighted by Gasteiger charge is 2.05. The maximum atomic E-state index is 5.88. The Morgan fingerprint density at radius 2 is 2.05 bits per heavy atom. The van der Waals surface area contributed by atoms with Crippen LogP contribution in [0.4, 0.5) is 0 Å². The third-order valence-corrected chi connectivity index (χ3v) is 4.31. The molecule has 0 atom stereocenters.